The molecule has 8 rings (SSSR count). The second-order valence-corrected chi connectivity index (χ2v) is 15.0. The van der Waals surface area contributed by atoms with Crippen molar-refractivity contribution in [3.05, 3.63) is 155 Å². The number of benzene rings is 6. The molecule has 0 atom stereocenters. The van der Waals surface area contributed by atoms with Crippen LogP contribution in [0.5, 0.6) is 0 Å². The summed E-state index contributed by atoms with van der Waals surface area (Å²) in [7, 11) is 0. The van der Waals surface area contributed by atoms with Gasteiger partial charge >= 0.3 is 0 Å². The first-order valence-corrected chi connectivity index (χ1v) is 18.9. The molecule has 0 heteroatoms. The number of fused-ring (bicyclic) bond motifs is 2. The summed E-state index contributed by atoms with van der Waals surface area (Å²) in [6.45, 7) is 0. The lowest BCUT2D eigenvalue weighted by atomic mass is 9.83. The first-order chi connectivity index (χ1) is 23.8. The number of hydrogen-bond donors (Lipinski definition) is 0. The molecule has 2 saturated carbocycles. The molecule has 6 aromatic rings. The molecule has 0 saturated heterocycles. The standard InChI is InChI=1S/C48H50/c1-3-11-35(12-4-1)31-37-19-23-39(24-20-37)33-43-29-27-41-15-7-9-17-45(41)47(43)48-44(30-28-42-16-8-10-18-46(42)48)34-40-25-21-38(22-26-40)32-36-13-5-2-6-14-36/h7-10,15-30,35-36H,1-6,11-14,31-34H2. The van der Waals surface area contributed by atoms with Crippen molar-refractivity contribution in [1.82, 2.24) is 0 Å². The van der Waals surface area contributed by atoms with Crippen LogP contribution in [0.3, 0.4) is 0 Å². The molecule has 0 aromatic heterocycles. The van der Waals surface area contributed by atoms with Crippen LogP contribution in [0.2, 0.25) is 0 Å². The molecule has 242 valence electrons. The van der Waals surface area contributed by atoms with Crippen LogP contribution >= 0.6 is 0 Å². The van der Waals surface area contributed by atoms with E-state index in [1.54, 1.807) is 0 Å². The SMILES string of the molecule is c1ccc2c(-c3c(Cc4ccc(CC5CCCCC5)cc4)ccc4ccccc34)c(Cc3ccc(CC4CCCCC4)cc3)ccc2c1. The summed E-state index contributed by atoms with van der Waals surface area (Å²) in [6, 6.07) is 46.7. The average molecular weight is 627 g/mol. The van der Waals surface area contributed by atoms with Crippen molar-refractivity contribution in [2.75, 3.05) is 0 Å². The zero-order valence-corrected chi connectivity index (χ0v) is 28.6. The summed E-state index contributed by atoms with van der Waals surface area (Å²) in [5.74, 6) is 1.74. The number of hydrogen-bond acceptors (Lipinski definition) is 0. The van der Waals surface area contributed by atoms with Gasteiger partial charge in [-0.25, -0.2) is 0 Å². The molecule has 0 bridgehead atoms. The first-order valence-electron chi connectivity index (χ1n) is 18.9. The molecule has 0 aliphatic heterocycles. The highest BCUT2D eigenvalue weighted by molar-refractivity contribution is 6.08. The second-order valence-electron chi connectivity index (χ2n) is 15.0. The maximum Gasteiger partial charge on any atom is -0.00194 e. The highest BCUT2D eigenvalue weighted by atomic mass is 14.2. The fraction of sp³-hybridized carbons (Fsp3) is 0.333. The fourth-order valence-corrected chi connectivity index (χ4v) is 8.99. The van der Waals surface area contributed by atoms with E-state index in [2.05, 4.69) is 121 Å². The predicted molar refractivity (Wildman–Crippen MR) is 206 cm³/mol. The topological polar surface area (TPSA) is 0 Å². The predicted octanol–water partition coefficient (Wildman–Crippen LogP) is 13.1. The normalized spacial score (nSPS) is 16.1. The summed E-state index contributed by atoms with van der Waals surface area (Å²) < 4.78 is 0. The Bertz CT molecular complexity index is 1820. The van der Waals surface area contributed by atoms with Gasteiger partial charge in [-0.1, -0.05) is 186 Å². The van der Waals surface area contributed by atoms with Gasteiger partial charge in [0, 0.05) is 0 Å². The van der Waals surface area contributed by atoms with E-state index < -0.39 is 0 Å². The van der Waals surface area contributed by atoms with Crippen molar-refractivity contribution in [2.24, 2.45) is 11.8 Å². The van der Waals surface area contributed by atoms with Gasteiger partial charge in [0.15, 0.2) is 0 Å². The van der Waals surface area contributed by atoms with Crippen LogP contribution in [-0.4, -0.2) is 0 Å². The van der Waals surface area contributed by atoms with Gasteiger partial charge in [-0.15, -0.1) is 0 Å². The lowest BCUT2D eigenvalue weighted by molar-refractivity contribution is 0.356. The first kappa shape index (κ1) is 31.1. The summed E-state index contributed by atoms with van der Waals surface area (Å²) >= 11 is 0. The molecule has 0 unspecified atom stereocenters. The van der Waals surface area contributed by atoms with Crippen molar-refractivity contribution in [3.8, 4) is 11.1 Å². The van der Waals surface area contributed by atoms with E-state index in [4.69, 9.17) is 0 Å². The molecule has 0 N–H and O–H groups in total. The van der Waals surface area contributed by atoms with Crippen molar-refractivity contribution in [2.45, 2.75) is 89.9 Å². The van der Waals surface area contributed by atoms with Gasteiger partial charge in [0.1, 0.15) is 0 Å². The molecule has 0 nitrogen and oxygen atoms in total. The quantitative estimate of drug-likeness (QED) is 0.150. The molecule has 0 radical (unpaired) electrons. The molecule has 2 fully saturated rings. The Balaban J connectivity index is 1.15. The zero-order valence-electron chi connectivity index (χ0n) is 28.6. The third-order valence-electron chi connectivity index (χ3n) is 11.6. The number of rotatable bonds is 9. The maximum atomic E-state index is 2.41. The Morgan fingerprint density at radius 2 is 0.729 bits per heavy atom. The highest BCUT2D eigenvalue weighted by Crippen LogP contribution is 2.41. The molecular formula is C48H50. The third-order valence-corrected chi connectivity index (χ3v) is 11.6. The average Bonchev–Trinajstić information content (AvgIpc) is 3.14. The summed E-state index contributed by atoms with van der Waals surface area (Å²) in [5, 5.41) is 5.32. The van der Waals surface area contributed by atoms with E-state index in [1.807, 2.05) is 0 Å². The Labute approximate surface area is 288 Å². The van der Waals surface area contributed by atoms with Crippen LogP contribution in [0.15, 0.2) is 121 Å². The lowest BCUT2D eigenvalue weighted by Gasteiger charge is -2.22. The fourth-order valence-electron chi connectivity index (χ4n) is 8.99. The van der Waals surface area contributed by atoms with Crippen molar-refractivity contribution in [1.29, 1.82) is 0 Å². The van der Waals surface area contributed by atoms with Crippen molar-refractivity contribution in [3.63, 3.8) is 0 Å². The van der Waals surface area contributed by atoms with Crippen molar-refractivity contribution >= 4 is 21.5 Å². The van der Waals surface area contributed by atoms with Gasteiger partial charge in [0.25, 0.3) is 0 Å². The van der Waals surface area contributed by atoms with E-state index in [1.165, 1.54) is 143 Å². The Morgan fingerprint density at radius 1 is 0.354 bits per heavy atom. The molecule has 0 heterocycles. The van der Waals surface area contributed by atoms with Crippen LogP contribution in [0.1, 0.15) is 97.6 Å². The summed E-state index contributed by atoms with van der Waals surface area (Å²) in [4.78, 5) is 0. The van der Waals surface area contributed by atoms with Gasteiger partial charge in [0.2, 0.25) is 0 Å². The second kappa shape index (κ2) is 14.5. The van der Waals surface area contributed by atoms with Crippen LogP contribution in [0, 0.1) is 11.8 Å². The minimum atomic E-state index is 0.870. The zero-order chi connectivity index (χ0) is 32.1. The molecule has 2 aliphatic carbocycles. The summed E-state index contributed by atoms with van der Waals surface area (Å²) in [6.07, 6.45) is 18.5. The van der Waals surface area contributed by atoms with Gasteiger partial charge in [0.05, 0.1) is 0 Å². The van der Waals surface area contributed by atoms with Gasteiger partial charge in [-0.3, -0.25) is 0 Å². The lowest BCUT2D eigenvalue weighted by Crippen LogP contribution is -2.09. The van der Waals surface area contributed by atoms with E-state index >= 15 is 0 Å². The van der Waals surface area contributed by atoms with Crippen LogP contribution < -0.4 is 0 Å². The minimum absolute atomic E-state index is 0.870. The summed E-state index contributed by atoms with van der Waals surface area (Å²) in [5.41, 5.74) is 11.4. The minimum Gasteiger partial charge on any atom is -0.0616 e. The molecule has 2 aliphatic rings. The van der Waals surface area contributed by atoms with Gasteiger partial charge in [-0.05, 0) is 104 Å². The largest absolute Gasteiger partial charge is 0.0616 e. The van der Waals surface area contributed by atoms with Gasteiger partial charge < -0.3 is 0 Å². The molecular weight excluding hydrogens is 577 g/mol. The Kier molecular flexibility index (Phi) is 9.42. The Morgan fingerprint density at radius 3 is 1.15 bits per heavy atom. The van der Waals surface area contributed by atoms with Crippen LogP contribution in [0.4, 0.5) is 0 Å². The molecule has 6 aromatic carbocycles. The Hall–Kier alpha value is -4.16. The van der Waals surface area contributed by atoms with Crippen LogP contribution in [-0.2, 0) is 25.7 Å². The van der Waals surface area contributed by atoms with Crippen molar-refractivity contribution < 1.29 is 0 Å². The monoisotopic (exact) mass is 626 g/mol. The van der Waals surface area contributed by atoms with E-state index in [0.29, 0.717) is 0 Å². The van der Waals surface area contributed by atoms with E-state index in [0.717, 1.165) is 24.7 Å². The van der Waals surface area contributed by atoms with E-state index in [-0.39, 0.29) is 0 Å². The molecule has 48 heavy (non-hydrogen) atoms. The van der Waals surface area contributed by atoms with E-state index in [9.17, 15) is 0 Å². The molecule has 0 spiro atoms. The highest BCUT2D eigenvalue weighted by Gasteiger charge is 2.19. The smallest absolute Gasteiger partial charge is 0.00194 e. The molecule has 0 amide bonds. The van der Waals surface area contributed by atoms with Gasteiger partial charge in [-0.2, -0.15) is 0 Å². The third kappa shape index (κ3) is 7.00. The maximum absolute atomic E-state index is 2.41. The van der Waals surface area contributed by atoms with Crippen LogP contribution in [0.25, 0.3) is 32.7 Å².